The van der Waals surface area contributed by atoms with Crippen molar-refractivity contribution in [2.24, 2.45) is 0 Å². The first-order valence-corrected chi connectivity index (χ1v) is 7.57. The SMILES string of the molecule is CNS(=O)(=O)c1ccc(N)c(NCCCN(C)C)c1. The van der Waals surface area contributed by atoms with Crippen LogP contribution in [0.3, 0.4) is 0 Å². The fraction of sp³-hybridized carbons (Fsp3) is 0.500. The highest BCUT2D eigenvalue weighted by Gasteiger charge is 2.12. The van der Waals surface area contributed by atoms with Crippen LogP contribution in [0.5, 0.6) is 0 Å². The van der Waals surface area contributed by atoms with Crippen LogP contribution in [0.25, 0.3) is 0 Å². The number of nitrogens with zero attached hydrogens (tertiary/aromatic N) is 1. The highest BCUT2D eigenvalue weighted by atomic mass is 32.2. The minimum absolute atomic E-state index is 0.208. The Hall–Kier alpha value is -1.31. The summed E-state index contributed by atoms with van der Waals surface area (Å²) in [6.45, 7) is 1.70. The quantitative estimate of drug-likeness (QED) is 0.503. The molecule has 0 bridgehead atoms. The van der Waals surface area contributed by atoms with Crippen molar-refractivity contribution in [3.05, 3.63) is 18.2 Å². The van der Waals surface area contributed by atoms with E-state index in [0.29, 0.717) is 11.4 Å². The molecule has 0 aliphatic heterocycles. The van der Waals surface area contributed by atoms with E-state index >= 15 is 0 Å². The van der Waals surface area contributed by atoms with Crippen molar-refractivity contribution in [2.45, 2.75) is 11.3 Å². The van der Waals surface area contributed by atoms with E-state index in [1.807, 2.05) is 14.1 Å². The summed E-state index contributed by atoms with van der Waals surface area (Å²) in [5, 5.41) is 3.16. The van der Waals surface area contributed by atoms with Crippen LogP contribution >= 0.6 is 0 Å². The number of rotatable bonds is 7. The van der Waals surface area contributed by atoms with Crippen LogP contribution in [0.15, 0.2) is 23.1 Å². The van der Waals surface area contributed by atoms with Crippen LogP contribution in [0.1, 0.15) is 6.42 Å². The van der Waals surface area contributed by atoms with Crippen molar-refractivity contribution in [3.8, 4) is 0 Å². The van der Waals surface area contributed by atoms with Crippen LogP contribution in [0, 0.1) is 0 Å². The Morgan fingerprint density at radius 3 is 2.58 bits per heavy atom. The van der Waals surface area contributed by atoms with Crippen molar-refractivity contribution in [3.63, 3.8) is 0 Å². The second-order valence-electron chi connectivity index (χ2n) is 4.54. The first-order chi connectivity index (χ1) is 8.86. The van der Waals surface area contributed by atoms with E-state index in [-0.39, 0.29) is 4.90 Å². The van der Waals surface area contributed by atoms with Gasteiger partial charge in [0.1, 0.15) is 0 Å². The zero-order valence-corrected chi connectivity index (χ0v) is 12.4. The molecule has 1 aromatic rings. The summed E-state index contributed by atoms with van der Waals surface area (Å²) < 4.78 is 25.7. The Labute approximate surface area is 115 Å². The molecule has 6 nitrogen and oxygen atoms in total. The second-order valence-corrected chi connectivity index (χ2v) is 6.43. The largest absolute Gasteiger partial charge is 0.397 e. The third-order valence-electron chi connectivity index (χ3n) is 2.70. The third kappa shape index (κ3) is 4.70. The van der Waals surface area contributed by atoms with E-state index in [4.69, 9.17) is 5.73 Å². The maximum Gasteiger partial charge on any atom is 0.240 e. The maximum absolute atomic E-state index is 11.7. The Morgan fingerprint density at radius 1 is 1.32 bits per heavy atom. The van der Waals surface area contributed by atoms with Crippen molar-refractivity contribution in [2.75, 3.05) is 45.3 Å². The molecule has 1 rings (SSSR count). The highest BCUT2D eigenvalue weighted by Crippen LogP contribution is 2.22. The molecule has 0 aliphatic carbocycles. The van der Waals surface area contributed by atoms with Crippen molar-refractivity contribution < 1.29 is 8.42 Å². The maximum atomic E-state index is 11.7. The van der Waals surface area contributed by atoms with Gasteiger partial charge in [-0.05, 0) is 52.3 Å². The molecule has 0 unspecified atom stereocenters. The molecular formula is C12H22N4O2S. The van der Waals surface area contributed by atoms with Crippen LogP contribution in [-0.2, 0) is 10.0 Å². The van der Waals surface area contributed by atoms with Crippen LogP contribution < -0.4 is 15.8 Å². The zero-order valence-electron chi connectivity index (χ0n) is 11.6. The molecule has 108 valence electrons. The van der Waals surface area contributed by atoms with E-state index < -0.39 is 10.0 Å². The van der Waals surface area contributed by atoms with Gasteiger partial charge in [-0.1, -0.05) is 0 Å². The van der Waals surface area contributed by atoms with Crippen molar-refractivity contribution >= 4 is 21.4 Å². The number of nitrogen functional groups attached to an aromatic ring is 1. The van der Waals surface area contributed by atoms with Gasteiger partial charge in [0.15, 0.2) is 0 Å². The molecule has 0 radical (unpaired) electrons. The summed E-state index contributed by atoms with van der Waals surface area (Å²) >= 11 is 0. The Morgan fingerprint density at radius 2 is 2.00 bits per heavy atom. The number of hydrogen-bond donors (Lipinski definition) is 3. The molecule has 0 heterocycles. The topological polar surface area (TPSA) is 87.5 Å². The minimum Gasteiger partial charge on any atom is -0.397 e. The summed E-state index contributed by atoms with van der Waals surface area (Å²) in [4.78, 5) is 2.30. The Kier molecular flexibility index (Phi) is 5.59. The third-order valence-corrected chi connectivity index (χ3v) is 4.11. The van der Waals surface area contributed by atoms with Gasteiger partial charge in [-0.25, -0.2) is 13.1 Å². The number of nitrogens with one attached hydrogen (secondary N) is 2. The average molecular weight is 286 g/mol. The number of nitrogens with two attached hydrogens (primary N) is 1. The summed E-state index contributed by atoms with van der Waals surface area (Å²) in [5.41, 5.74) is 7.02. The average Bonchev–Trinajstić information content (AvgIpc) is 2.36. The fourth-order valence-electron chi connectivity index (χ4n) is 1.59. The lowest BCUT2D eigenvalue weighted by Gasteiger charge is -2.13. The molecule has 0 aromatic heterocycles. The molecule has 7 heteroatoms. The molecule has 0 aliphatic rings. The van der Waals surface area contributed by atoms with E-state index in [1.165, 1.54) is 13.1 Å². The number of sulfonamides is 1. The molecule has 0 amide bonds. The molecule has 4 N–H and O–H groups in total. The number of benzene rings is 1. The van der Waals surface area contributed by atoms with Gasteiger partial charge in [-0.2, -0.15) is 0 Å². The van der Waals surface area contributed by atoms with E-state index in [9.17, 15) is 8.42 Å². The van der Waals surface area contributed by atoms with Gasteiger partial charge in [-0.3, -0.25) is 0 Å². The second kappa shape index (κ2) is 6.74. The van der Waals surface area contributed by atoms with Crippen LogP contribution in [0.4, 0.5) is 11.4 Å². The van der Waals surface area contributed by atoms with E-state index in [0.717, 1.165) is 19.5 Å². The van der Waals surface area contributed by atoms with Crippen molar-refractivity contribution in [1.82, 2.24) is 9.62 Å². The predicted molar refractivity (Wildman–Crippen MR) is 78.8 cm³/mol. The minimum atomic E-state index is -3.44. The zero-order chi connectivity index (χ0) is 14.5. The Bertz CT molecular complexity index is 514. The number of anilines is 2. The molecule has 0 spiro atoms. The first kappa shape index (κ1) is 15.7. The molecule has 0 saturated carbocycles. The number of hydrogen-bond acceptors (Lipinski definition) is 5. The fourth-order valence-corrected chi connectivity index (χ4v) is 2.35. The Balaban J connectivity index is 2.75. The summed E-state index contributed by atoms with van der Waals surface area (Å²) in [5.74, 6) is 0. The monoisotopic (exact) mass is 286 g/mol. The van der Waals surface area contributed by atoms with Gasteiger partial charge in [0.2, 0.25) is 10.0 Å². The summed E-state index contributed by atoms with van der Waals surface area (Å²) in [6, 6.07) is 4.64. The summed E-state index contributed by atoms with van der Waals surface area (Å²) in [7, 11) is 1.97. The van der Waals surface area contributed by atoms with Gasteiger partial charge in [0, 0.05) is 6.54 Å². The summed E-state index contributed by atoms with van der Waals surface area (Å²) in [6.07, 6.45) is 0.954. The van der Waals surface area contributed by atoms with Gasteiger partial charge < -0.3 is 16.0 Å². The molecule has 0 fully saturated rings. The van der Waals surface area contributed by atoms with Gasteiger partial charge in [0.25, 0.3) is 0 Å². The standard InChI is InChI=1S/C12H22N4O2S/c1-14-19(17,18)10-5-6-11(13)12(9-10)15-7-4-8-16(2)3/h5-6,9,14-15H,4,7-8,13H2,1-3H3. The molecule has 0 saturated heterocycles. The molecular weight excluding hydrogens is 264 g/mol. The van der Waals surface area contributed by atoms with E-state index in [2.05, 4.69) is 14.9 Å². The highest BCUT2D eigenvalue weighted by molar-refractivity contribution is 7.89. The van der Waals surface area contributed by atoms with Crippen LogP contribution in [0.2, 0.25) is 0 Å². The normalized spacial score (nSPS) is 11.8. The lowest BCUT2D eigenvalue weighted by atomic mass is 10.2. The molecule has 19 heavy (non-hydrogen) atoms. The molecule has 1 aromatic carbocycles. The van der Waals surface area contributed by atoms with E-state index in [1.54, 1.807) is 12.1 Å². The first-order valence-electron chi connectivity index (χ1n) is 6.08. The molecule has 0 atom stereocenters. The smallest absolute Gasteiger partial charge is 0.240 e. The lowest BCUT2D eigenvalue weighted by molar-refractivity contribution is 0.405. The van der Waals surface area contributed by atoms with Gasteiger partial charge in [-0.15, -0.1) is 0 Å². The van der Waals surface area contributed by atoms with Gasteiger partial charge in [0.05, 0.1) is 16.3 Å². The predicted octanol–water partition coefficient (Wildman–Crippen LogP) is 0.540. The lowest BCUT2D eigenvalue weighted by Crippen LogP contribution is -2.19. The van der Waals surface area contributed by atoms with Crippen molar-refractivity contribution in [1.29, 1.82) is 0 Å². The van der Waals surface area contributed by atoms with Crippen LogP contribution in [-0.4, -0.2) is 47.6 Å². The van der Waals surface area contributed by atoms with Gasteiger partial charge >= 0.3 is 0 Å².